The van der Waals surface area contributed by atoms with Crippen molar-refractivity contribution in [2.45, 2.75) is 31.8 Å². The maximum atomic E-state index is 12.1. The molecule has 1 amide bonds. The third-order valence-corrected chi connectivity index (χ3v) is 3.80. The number of rotatable bonds is 7. The van der Waals surface area contributed by atoms with Gasteiger partial charge in [0.2, 0.25) is 5.91 Å². The van der Waals surface area contributed by atoms with Gasteiger partial charge in [0.1, 0.15) is 12.4 Å². The average Bonchev–Trinajstić information content (AvgIpc) is 2.53. The maximum absolute atomic E-state index is 12.1. The summed E-state index contributed by atoms with van der Waals surface area (Å²) in [5.41, 5.74) is 1.06. The van der Waals surface area contributed by atoms with E-state index in [-0.39, 0.29) is 36.8 Å². The number of nitrogens with zero attached hydrogens (tertiary/aromatic N) is 1. The fraction of sp³-hybridized carbons (Fsp3) is 0.588. The molecule has 24 heavy (non-hydrogen) atoms. The number of carbonyl (C=O) groups is 1. The molecule has 0 saturated carbocycles. The maximum Gasteiger partial charge on any atom is 0.237 e. The van der Waals surface area contributed by atoms with Crippen molar-refractivity contribution in [3.63, 3.8) is 0 Å². The number of likely N-dealkylation sites (N-methyl/N-ethyl adjacent to an activating group) is 1. The molecule has 1 aliphatic heterocycles. The number of nitrogens with one attached hydrogen (secondary N) is 2. The first-order valence-electron chi connectivity index (χ1n) is 8.03. The van der Waals surface area contributed by atoms with Gasteiger partial charge in [-0.3, -0.25) is 4.79 Å². The zero-order valence-corrected chi connectivity index (χ0v) is 16.0. The van der Waals surface area contributed by atoms with Crippen LogP contribution in [0, 0.1) is 0 Å². The lowest BCUT2D eigenvalue weighted by Gasteiger charge is -2.22. The third-order valence-electron chi connectivity index (χ3n) is 3.80. The van der Waals surface area contributed by atoms with Gasteiger partial charge < -0.3 is 20.3 Å². The number of hydrogen-bond acceptors (Lipinski definition) is 4. The fourth-order valence-electron chi connectivity index (χ4n) is 2.48. The predicted octanol–water partition coefficient (Wildman–Crippen LogP) is 2.23. The van der Waals surface area contributed by atoms with Gasteiger partial charge in [-0.1, -0.05) is 18.6 Å². The summed E-state index contributed by atoms with van der Waals surface area (Å²) in [7, 11) is 4.04. The Balaban J connectivity index is 0.00000264. The molecule has 1 aromatic carbocycles. The van der Waals surface area contributed by atoms with E-state index in [1.165, 1.54) is 0 Å². The van der Waals surface area contributed by atoms with Crippen LogP contribution in [0.25, 0.3) is 0 Å². The van der Waals surface area contributed by atoms with Crippen molar-refractivity contribution in [1.29, 1.82) is 0 Å². The van der Waals surface area contributed by atoms with Gasteiger partial charge in [0.15, 0.2) is 0 Å². The number of halogens is 2. The second-order valence-corrected chi connectivity index (χ2v) is 6.02. The van der Waals surface area contributed by atoms with Crippen LogP contribution >= 0.6 is 24.8 Å². The number of hydrogen-bond donors (Lipinski definition) is 2. The van der Waals surface area contributed by atoms with Gasteiger partial charge in [-0.15, -0.1) is 24.8 Å². The van der Waals surface area contributed by atoms with Crippen LogP contribution in [0.1, 0.15) is 24.8 Å². The molecule has 1 aliphatic rings. The Morgan fingerprint density at radius 1 is 1.33 bits per heavy atom. The lowest BCUT2D eigenvalue weighted by molar-refractivity contribution is -0.123. The molecule has 1 aromatic rings. The average molecular weight is 378 g/mol. The molecule has 7 heteroatoms. The van der Waals surface area contributed by atoms with Crippen molar-refractivity contribution in [2.75, 3.05) is 33.8 Å². The molecular weight excluding hydrogens is 349 g/mol. The first kappa shape index (κ1) is 23.0. The monoisotopic (exact) mass is 377 g/mol. The lowest BCUT2D eigenvalue weighted by atomic mass is 10.0. The van der Waals surface area contributed by atoms with Crippen molar-refractivity contribution in [1.82, 2.24) is 15.5 Å². The molecule has 0 aliphatic carbocycles. The van der Waals surface area contributed by atoms with Crippen LogP contribution in [0.2, 0.25) is 0 Å². The Bertz CT molecular complexity index is 481. The topological polar surface area (TPSA) is 53.6 Å². The van der Waals surface area contributed by atoms with Crippen molar-refractivity contribution >= 4 is 30.7 Å². The lowest BCUT2D eigenvalue weighted by Crippen LogP contribution is -2.46. The minimum atomic E-state index is -0.0340. The van der Waals surface area contributed by atoms with E-state index in [2.05, 4.69) is 15.5 Å². The summed E-state index contributed by atoms with van der Waals surface area (Å²) in [6, 6.07) is 7.88. The molecule has 1 atom stereocenters. The minimum Gasteiger partial charge on any atom is -0.492 e. The summed E-state index contributed by atoms with van der Waals surface area (Å²) in [5, 5.41) is 6.27. The summed E-state index contributed by atoms with van der Waals surface area (Å²) >= 11 is 0. The van der Waals surface area contributed by atoms with E-state index >= 15 is 0 Å². The van der Waals surface area contributed by atoms with Gasteiger partial charge in [0.25, 0.3) is 0 Å². The number of ether oxygens (including phenoxy) is 1. The highest BCUT2D eigenvalue weighted by atomic mass is 35.5. The molecule has 0 radical (unpaired) electrons. The van der Waals surface area contributed by atoms with Gasteiger partial charge in [-0.05, 0) is 51.2 Å². The van der Waals surface area contributed by atoms with E-state index in [1.807, 2.05) is 38.4 Å². The highest BCUT2D eigenvalue weighted by Crippen LogP contribution is 2.13. The first-order valence-corrected chi connectivity index (χ1v) is 8.03. The minimum absolute atomic E-state index is 0. The number of carbonyl (C=O) groups excluding carboxylic acids is 1. The third kappa shape index (κ3) is 8.20. The second-order valence-electron chi connectivity index (χ2n) is 6.02. The van der Waals surface area contributed by atoms with E-state index in [4.69, 9.17) is 4.74 Å². The Kier molecular flexibility index (Phi) is 11.8. The molecule has 0 bridgehead atoms. The number of benzene rings is 1. The van der Waals surface area contributed by atoms with Crippen LogP contribution in [0.4, 0.5) is 0 Å². The summed E-state index contributed by atoms with van der Waals surface area (Å²) in [6.45, 7) is 3.03. The highest BCUT2D eigenvalue weighted by Gasteiger charge is 2.19. The summed E-state index contributed by atoms with van der Waals surface area (Å²) in [6.07, 6.45) is 3.22. The molecule has 2 N–H and O–H groups in total. The molecule has 0 spiro atoms. The Morgan fingerprint density at radius 3 is 2.79 bits per heavy atom. The Hall–Kier alpha value is -1.01. The molecule has 2 rings (SSSR count). The quantitative estimate of drug-likeness (QED) is 0.764. The summed E-state index contributed by atoms with van der Waals surface area (Å²) in [4.78, 5) is 14.2. The molecule has 138 valence electrons. The fourth-order valence-corrected chi connectivity index (χ4v) is 2.48. The number of amides is 1. The van der Waals surface area contributed by atoms with E-state index in [0.29, 0.717) is 13.2 Å². The molecule has 1 saturated heterocycles. The van der Waals surface area contributed by atoms with E-state index in [9.17, 15) is 4.79 Å². The van der Waals surface area contributed by atoms with Crippen molar-refractivity contribution in [3.05, 3.63) is 29.8 Å². The number of piperidine rings is 1. The molecule has 5 nitrogen and oxygen atoms in total. The largest absolute Gasteiger partial charge is 0.492 e. The molecule has 1 fully saturated rings. The Labute approximate surface area is 157 Å². The highest BCUT2D eigenvalue weighted by molar-refractivity contribution is 5.85. The van der Waals surface area contributed by atoms with Crippen LogP contribution in [-0.2, 0) is 11.3 Å². The van der Waals surface area contributed by atoms with Crippen LogP contribution < -0.4 is 15.4 Å². The zero-order chi connectivity index (χ0) is 15.8. The van der Waals surface area contributed by atoms with E-state index in [1.54, 1.807) is 0 Å². The van der Waals surface area contributed by atoms with Crippen LogP contribution in [-0.4, -0.2) is 50.6 Å². The smallest absolute Gasteiger partial charge is 0.237 e. The van der Waals surface area contributed by atoms with E-state index in [0.717, 1.165) is 43.7 Å². The molecule has 1 heterocycles. The van der Waals surface area contributed by atoms with Gasteiger partial charge in [0, 0.05) is 13.1 Å². The normalized spacial score (nSPS) is 16.7. The van der Waals surface area contributed by atoms with Crippen molar-refractivity contribution in [2.24, 2.45) is 0 Å². The molecular formula is C17H29Cl2N3O2. The molecule has 0 aromatic heterocycles. The standard InChI is InChI=1S/C17H27N3O2.2ClH/c1-20(2)10-11-22-15-7-5-6-14(12-15)13-19-17(21)16-8-3-4-9-18-16;;/h5-7,12,16,18H,3-4,8-11,13H2,1-2H3,(H,19,21);2*1H. The van der Waals surface area contributed by atoms with Gasteiger partial charge >= 0.3 is 0 Å². The second kappa shape index (κ2) is 12.4. The Morgan fingerprint density at radius 2 is 2.12 bits per heavy atom. The summed E-state index contributed by atoms with van der Waals surface area (Å²) < 4.78 is 5.71. The van der Waals surface area contributed by atoms with Crippen LogP contribution in [0.5, 0.6) is 5.75 Å². The molecule has 1 unspecified atom stereocenters. The van der Waals surface area contributed by atoms with Crippen molar-refractivity contribution in [3.8, 4) is 5.75 Å². The first-order chi connectivity index (χ1) is 10.6. The van der Waals surface area contributed by atoms with Gasteiger partial charge in [-0.25, -0.2) is 0 Å². The predicted molar refractivity (Wildman–Crippen MR) is 102 cm³/mol. The van der Waals surface area contributed by atoms with Crippen LogP contribution in [0.15, 0.2) is 24.3 Å². The summed E-state index contributed by atoms with van der Waals surface area (Å²) in [5.74, 6) is 0.947. The van der Waals surface area contributed by atoms with Crippen LogP contribution in [0.3, 0.4) is 0 Å². The van der Waals surface area contributed by atoms with E-state index < -0.39 is 0 Å². The van der Waals surface area contributed by atoms with Gasteiger partial charge in [0.05, 0.1) is 6.04 Å². The van der Waals surface area contributed by atoms with Gasteiger partial charge in [-0.2, -0.15) is 0 Å². The SMILES string of the molecule is CN(C)CCOc1cccc(CNC(=O)C2CCCCN2)c1.Cl.Cl. The van der Waals surface area contributed by atoms with Crippen molar-refractivity contribution < 1.29 is 9.53 Å². The zero-order valence-electron chi connectivity index (χ0n) is 14.4.